The highest BCUT2D eigenvalue weighted by Crippen LogP contribution is 2.25. The molecule has 1 amide bonds. The minimum absolute atomic E-state index is 0.0884. The Hall–Kier alpha value is -4.13. The first-order valence-electron chi connectivity index (χ1n) is 9.88. The van der Waals surface area contributed by atoms with Gasteiger partial charge in [-0.1, -0.05) is 30.3 Å². The fourth-order valence-corrected chi connectivity index (χ4v) is 3.20. The number of benzene rings is 3. The Bertz CT molecular complexity index is 1240. The minimum atomic E-state index is -0.436. The second-order valence-corrected chi connectivity index (χ2v) is 7.28. The molecule has 0 radical (unpaired) electrons. The molecule has 7 nitrogen and oxygen atoms in total. The van der Waals surface area contributed by atoms with Crippen LogP contribution in [-0.2, 0) is 0 Å². The molecule has 0 aliphatic carbocycles. The van der Waals surface area contributed by atoms with Gasteiger partial charge in [-0.25, -0.2) is 5.43 Å². The van der Waals surface area contributed by atoms with Crippen molar-refractivity contribution in [1.82, 2.24) is 15.6 Å². The van der Waals surface area contributed by atoms with Gasteiger partial charge in [-0.05, 0) is 61.0 Å². The molecule has 7 heteroatoms. The Morgan fingerprint density at radius 2 is 1.90 bits per heavy atom. The number of aromatic amines is 1. The summed E-state index contributed by atoms with van der Waals surface area (Å²) in [7, 11) is 0. The molecule has 31 heavy (non-hydrogen) atoms. The van der Waals surface area contributed by atoms with Gasteiger partial charge in [-0.15, -0.1) is 0 Å². The number of nitrogens with one attached hydrogen (secondary N) is 2. The van der Waals surface area contributed by atoms with Gasteiger partial charge in [0.15, 0.2) is 0 Å². The number of carbonyl (C=O) groups excluding carboxylic acids is 1. The van der Waals surface area contributed by atoms with E-state index in [0.29, 0.717) is 11.3 Å². The fraction of sp³-hybridized carbons (Fsp3) is 0.125. The van der Waals surface area contributed by atoms with E-state index in [1.165, 1.54) is 6.21 Å². The van der Waals surface area contributed by atoms with Crippen LogP contribution in [0.3, 0.4) is 0 Å². The Labute approximate surface area is 179 Å². The summed E-state index contributed by atoms with van der Waals surface area (Å²) in [4.78, 5) is 12.4. The van der Waals surface area contributed by atoms with Crippen molar-refractivity contribution in [1.29, 1.82) is 0 Å². The fourth-order valence-electron chi connectivity index (χ4n) is 3.20. The molecule has 0 saturated carbocycles. The maximum Gasteiger partial charge on any atom is 0.289 e. The number of hydrogen-bond donors (Lipinski definition) is 3. The topological polar surface area (TPSA) is 99.6 Å². The van der Waals surface area contributed by atoms with Crippen molar-refractivity contribution >= 4 is 22.9 Å². The van der Waals surface area contributed by atoms with E-state index in [9.17, 15) is 9.90 Å². The lowest BCUT2D eigenvalue weighted by Gasteiger charge is -2.09. The van der Waals surface area contributed by atoms with Gasteiger partial charge in [0.1, 0.15) is 17.2 Å². The van der Waals surface area contributed by atoms with Crippen LogP contribution in [0.1, 0.15) is 29.9 Å². The molecule has 3 N–H and O–H groups in total. The third-order valence-electron chi connectivity index (χ3n) is 4.65. The number of hydrogen-bond acceptors (Lipinski definition) is 5. The maximum absolute atomic E-state index is 12.4. The van der Waals surface area contributed by atoms with Gasteiger partial charge in [0.05, 0.1) is 18.0 Å². The number of fused-ring (bicyclic) bond motifs is 1. The molecule has 0 bridgehead atoms. The summed E-state index contributed by atoms with van der Waals surface area (Å²) in [6, 6.07) is 20.2. The molecular formula is C24H22N4O3. The average Bonchev–Trinajstić information content (AvgIpc) is 3.26. The van der Waals surface area contributed by atoms with Gasteiger partial charge in [0.2, 0.25) is 0 Å². The molecular weight excluding hydrogens is 392 g/mol. The molecule has 0 atom stereocenters. The Morgan fingerprint density at radius 3 is 2.68 bits per heavy atom. The highest BCUT2D eigenvalue weighted by atomic mass is 16.5. The molecule has 0 saturated heterocycles. The number of carbonyl (C=O) groups is 1. The molecule has 0 unspecified atom stereocenters. The number of nitrogens with zero attached hydrogens (tertiary/aromatic N) is 2. The summed E-state index contributed by atoms with van der Waals surface area (Å²) in [5.74, 6) is 0.429. The van der Waals surface area contributed by atoms with Crippen molar-refractivity contribution in [3.63, 3.8) is 0 Å². The summed E-state index contributed by atoms with van der Waals surface area (Å²) >= 11 is 0. The van der Waals surface area contributed by atoms with Crippen LogP contribution in [0.15, 0.2) is 71.8 Å². The van der Waals surface area contributed by atoms with E-state index in [1.54, 1.807) is 12.1 Å². The standard InChI is InChI=1S/C24H22N4O3/c1-15(2)31-18-10-7-17(8-11-18)21-13-22(27-26-21)24(30)28-25-14-20-19-6-4-3-5-16(19)9-12-23(20)29/h3-15,29H,1-2H3,(H,26,27)(H,28,30). The zero-order chi connectivity index (χ0) is 21.8. The summed E-state index contributed by atoms with van der Waals surface area (Å²) in [5, 5.41) is 22.9. The predicted molar refractivity (Wildman–Crippen MR) is 120 cm³/mol. The zero-order valence-corrected chi connectivity index (χ0v) is 17.2. The van der Waals surface area contributed by atoms with Gasteiger partial charge in [0, 0.05) is 11.1 Å². The number of amides is 1. The van der Waals surface area contributed by atoms with Crippen molar-refractivity contribution in [3.8, 4) is 22.8 Å². The number of phenols is 1. The lowest BCUT2D eigenvalue weighted by atomic mass is 10.0. The minimum Gasteiger partial charge on any atom is -0.507 e. The second-order valence-electron chi connectivity index (χ2n) is 7.28. The van der Waals surface area contributed by atoms with Gasteiger partial charge < -0.3 is 9.84 Å². The number of aromatic nitrogens is 2. The average molecular weight is 414 g/mol. The molecule has 156 valence electrons. The number of hydrazone groups is 1. The van der Waals surface area contributed by atoms with Crippen molar-refractivity contribution < 1.29 is 14.6 Å². The second kappa shape index (κ2) is 8.71. The molecule has 1 aromatic heterocycles. The van der Waals surface area contributed by atoms with E-state index >= 15 is 0 Å². The van der Waals surface area contributed by atoms with Crippen molar-refractivity contribution in [2.45, 2.75) is 20.0 Å². The monoisotopic (exact) mass is 414 g/mol. The summed E-state index contributed by atoms with van der Waals surface area (Å²) < 4.78 is 5.64. The maximum atomic E-state index is 12.4. The quantitative estimate of drug-likeness (QED) is 0.320. The Kier molecular flexibility index (Phi) is 5.66. The van der Waals surface area contributed by atoms with Crippen molar-refractivity contribution in [3.05, 3.63) is 78.0 Å². The number of H-pyrrole nitrogens is 1. The number of phenolic OH excluding ortho intramolecular Hbond substituents is 1. The molecule has 0 fully saturated rings. The molecule has 4 aromatic rings. The largest absolute Gasteiger partial charge is 0.507 e. The van der Waals surface area contributed by atoms with E-state index < -0.39 is 5.91 Å². The summed E-state index contributed by atoms with van der Waals surface area (Å²) in [6.45, 7) is 3.94. The number of ether oxygens (including phenoxy) is 1. The van der Waals surface area contributed by atoms with E-state index in [1.807, 2.05) is 68.4 Å². The van der Waals surface area contributed by atoms with Crippen LogP contribution in [-0.4, -0.2) is 33.5 Å². The van der Waals surface area contributed by atoms with Gasteiger partial charge in [-0.2, -0.15) is 10.2 Å². The van der Waals surface area contributed by atoms with Crippen LogP contribution in [0.25, 0.3) is 22.0 Å². The third-order valence-corrected chi connectivity index (χ3v) is 4.65. The first-order valence-corrected chi connectivity index (χ1v) is 9.88. The molecule has 0 spiro atoms. The zero-order valence-electron chi connectivity index (χ0n) is 17.2. The first kappa shape index (κ1) is 20.2. The number of rotatable bonds is 6. The first-order chi connectivity index (χ1) is 15.0. The van der Waals surface area contributed by atoms with Crippen LogP contribution in [0, 0.1) is 0 Å². The van der Waals surface area contributed by atoms with E-state index in [0.717, 1.165) is 22.1 Å². The van der Waals surface area contributed by atoms with Crippen LogP contribution in [0.5, 0.6) is 11.5 Å². The summed E-state index contributed by atoms with van der Waals surface area (Å²) in [5.41, 5.74) is 4.77. The predicted octanol–water partition coefficient (Wildman–Crippen LogP) is 4.49. The highest BCUT2D eigenvalue weighted by molar-refractivity contribution is 6.03. The van der Waals surface area contributed by atoms with Crippen LogP contribution in [0.2, 0.25) is 0 Å². The summed E-state index contributed by atoms with van der Waals surface area (Å²) in [6.07, 6.45) is 1.53. The van der Waals surface area contributed by atoms with Crippen LogP contribution >= 0.6 is 0 Å². The molecule has 1 heterocycles. The van der Waals surface area contributed by atoms with E-state index in [2.05, 4.69) is 20.7 Å². The molecule has 3 aromatic carbocycles. The van der Waals surface area contributed by atoms with Crippen LogP contribution < -0.4 is 10.2 Å². The van der Waals surface area contributed by atoms with Gasteiger partial charge in [0.25, 0.3) is 5.91 Å². The van der Waals surface area contributed by atoms with Crippen molar-refractivity contribution in [2.24, 2.45) is 5.10 Å². The normalized spacial score (nSPS) is 11.3. The smallest absolute Gasteiger partial charge is 0.289 e. The Balaban J connectivity index is 1.46. The van der Waals surface area contributed by atoms with Gasteiger partial charge >= 0.3 is 0 Å². The third kappa shape index (κ3) is 4.56. The highest BCUT2D eigenvalue weighted by Gasteiger charge is 2.11. The van der Waals surface area contributed by atoms with Crippen molar-refractivity contribution in [2.75, 3.05) is 0 Å². The molecule has 0 aliphatic rings. The number of aromatic hydroxyl groups is 1. The SMILES string of the molecule is CC(C)Oc1ccc(-c2cc(C(=O)NN=Cc3c(O)ccc4ccccc34)[nH]n2)cc1. The lowest BCUT2D eigenvalue weighted by molar-refractivity contribution is 0.0950. The van der Waals surface area contributed by atoms with E-state index in [4.69, 9.17) is 4.74 Å². The Morgan fingerprint density at radius 1 is 1.13 bits per heavy atom. The van der Waals surface area contributed by atoms with Crippen LogP contribution in [0.4, 0.5) is 0 Å². The lowest BCUT2D eigenvalue weighted by Crippen LogP contribution is -2.18. The van der Waals surface area contributed by atoms with E-state index in [-0.39, 0.29) is 17.5 Å². The molecule has 0 aliphatic heterocycles. The molecule has 4 rings (SSSR count). The van der Waals surface area contributed by atoms with Gasteiger partial charge in [-0.3, -0.25) is 9.89 Å².